The van der Waals surface area contributed by atoms with Crippen LogP contribution in [0, 0.1) is 0 Å². The van der Waals surface area contributed by atoms with Gasteiger partial charge in [-0.05, 0) is 50.1 Å². The van der Waals surface area contributed by atoms with Crippen LogP contribution < -0.4 is 13.8 Å². The first-order valence-electron chi connectivity index (χ1n) is 8.63. The second-order valence-electron chi connectivity index (χ2n) is 6.06. The summed E-state index contributed by atoms with van der Waals surface area (Å²) in [6, 6.07) is 7.72. The summed E-state index contributed by atoms with van der Waals surface area (Å²) < 4.78 is 64.6. The van der Waals surface area contributed by atoms with Gasteiger partial charge < -0.3 is 9.15 Å². The van der Waals surface area contributed by atoms with E-state index in [0.717, 1.165) is 6.42 Å². The van der Waals surface area contributed by atoms with Gasteiger partial charge in [-0.2, -0.15) is 0 Å². The van der Waals surface area contributed by atoms with Crippen molar-refractivity contribution in [3.05, 3.63) is 42.4 Å². The number of hydrogen-bond acceptors (Lipinski definition) is 6. The van der Waals surface area contributed by atoms with Crippen LogP contribution in [0.1, 0.15) is 25.5 Å². The molecule has 10 heteroatoms. The first-order chi connectivity index (χ1) is 12.8. The van der Waals surface area contributed by atoms with E-state index in [-0.39, 0.29) is 29.5 Å². The molecular formula is C17H22N2O6S2. The minimum absolute atomic E-state index is 0.0207. The zero-order valence-corrected chi connectivity index (χ0v) is 16.6. The Morgan fingerprint density at radius 1 is 1.26 bits per heavy atom. The van der Waals surface area contributed by atoms with Gasteiger partial charge in [-0.1, -0.05) is 0 Å². The van der Waals surface area contributed by atoms with Crippen molar-refractivity contribution >= 4 is 25.7 Å². The molecule has 0 amide bonds. The molecule has 0 saturated carbocycles. The predicted molar refractivity (Wildman–Crippen MR) is 101 cm³/mol. The normalized spacial score (nSPS) is 17.0. The Kier molecular flexibility index (Phi) is 5.78. The number of nitrogens with zero attached hydrogens (tertiary/aromatic N) is 1. The molecule has 0 spiro atoms. The van der Waals surface area contributed by atoms with Crippen LogP contribution in [-0.4, -0.2) is 35.7 Å². The predicted octanol–water partition coefficient (Wildman–Crippen LogP) is 2.09. The lowest BCUT2D eigenvalue weighted by molar-refractivity contribution is 0.331. The Labute approximate surface area is 159 Å². The van der Waals surface area contributed by atoms with Crippen molar-refractivity contribution in [1.29, 1.82) is 0 Å². The van der Waals surface area contributed by atoms with Crippen LogP contribution in [0.3, 0.4) is 0 Å². The van der Waals surface area contributed by atoms with Gasteiger partial charge in [0.15, 0.2) is 0 Å². The molecule has 3 rings (SSSR count). The number of benzene rings is 1. The van der Waals surface area contributed by atoms with E-state index in [1.807, 2.05) is 0 Å². The summed E-state index contributed by atoms with van der Waals surface area (Å²) in [6.07, 6.45) is 2.79. The van der Waals surface area contributed by atoms with Crippen molar-refractivity contribution in [1.82, 2.24) is 4.72 Å². The summed E-state index contributed by atoms with van der Waals surface area (Å²) >= 11 is 0. The summed E-state index contributed by atoms with van der Waals surface area (Å²) in [5.41, 5.74) is 0.316. The maximum absolute atomic E-state index is 12.8. The third kappa shape index (κ3) is 4.45. The van der Waals surface area contributed by atoms with Crippen molar-refractivity contribution in [2.24, 2.45) is 0 Å². The van der Waals surface area contributed by atoms with Crippen LogP contribution in [0.2, 0.25) is 0 Å². The number of anilines is 1. The van der Waals surface area contributed by atoms with Crippen molar-refractivity contribution in [3.8, 4) is 5.75 Å². The van der Waals surface area contributed by atoms with Crippen molar-refractivity contribution < 1.29 is 26.0 Å². The maximum atomic E-state index is 12.8. The summed E-state index contributed by atoms with van der Waals surface area (Å²) in [5, 5.41) is 0. The zero-order valence-electron chi connectivity index (χ0n) is 14.9. The molecule has 1 aromatic heterocycles. The summed E-state index contributed by atoms with van der Waals surface area (Å²) in [6.45, 7) is 2.33. The first kappa shape index (κ1) is 19.7. The van der Waals surface area contributed by atoms with Gasteiger partial charge >= 0.3 is 0 Å². The lowest BCUT2D eigenvalue weighted by atomic mass is 10.2. The largest absolute Gasteiger partial charge is 0.492 e. The van der Waals surface area contributed by atoms with Gasteiger partial charge in [0.05, 0.1) is 30.9 Å². The highest BCUT2D eigenvalue weighted by molar-refractivity contribution is 7.92. The highest BCUT2D eigenvalue weighted by Gasteiger charge is 2.28. The zero-order chi connectivity index (χ0) is 19.5. The fraction of sp³-hybridized carbons (Fsp3) is 0.412. The van der Waals surface area contributed by atoms with E-state index in [1.54, 1.807) is 25.1 Å². The van der Waals surface area contributed by atoms with Crippen molar-refractivity contribution in [2.45, 2.75) is 31.2 Å². The van der Waals surface area contributed by atoms with Crippen molar-refractivity contribution in [2.75, 3.05) is 23.2 Å². The van der Waals surface area contributed by atoms with Gasteiger partial charge in [-0.3, -0.25) is 4.31 Å². The molecule has 1 saturated heterocycles. The van der Waals surface area contributed by atoms with Crippen LogP contribution in [0.15, 0.2) is 45.9 Å². The molecule has 27 heavy (non-hydrogen) atoms. The third-order valence-electron chi connectivity index (χ3n) is 4.17. The molecule has 1 N–H and O–H groups in total. The molecule has 0 bridgehead atoms. The molecule has 0 unspecified atom stereocenters. The lowest BCUT2D eigenvalue weighted by Crippen LogP contribution is -2.38. The number of hydrogen-bond donors (Lipinski definition) is 1. The summed E-state index contributed by atoms with van der Waals surface area (Å²) in [4.78, 5) is -0.103. The average Bonchev–Trinajstić information content (AvgIpc) is 3.14. The number of sulfonamides is 2. The molecule has 2 aromatic rings. The Balaban J connectivity index is 1.96. The first-order valence-corrected chi connectivity index (χ1v) is 11.7. The molecular weight excluding hydrogens is 392 g/mol. The summed E-state index contributed by atoms with van der Waals surface area (Å²) in [5.74, 6) is 0.688. The van der Waals surface area contributed by atoms with Gasteiger partial charge in [-0.25, -0.2) is 21.6 Å². The van der Waals surface area contributed by atoms with Crippen LogP contribution >= 0.6 is 0 Å². The van der Waals surface area contributed by atoms with E-state index in [0.29, 0.717) is 24.4 Å². The van der Waals surface area contributed by atoms with Crippen LogP contribution in [0.4, 0.5) is 5.69 Å². The monoisotopic (exact) mass is 414 g/mol. The van der Waals surface area contributed by atoms with E-state index in [2.05, 4.69) is 4.72 Å². The Hall–Kier alpha value is -2.04. The minimum atomic E-state index is -3.94. The van der Waals surface area contributed by atoms with Gasteiger partial charge in [-0.15, -0.1) is 0 Å². The second kappa shape index (κ2) is 7.91. The van der Waals surface area contributed by atoms with Gasteiger partial charge in [0, 0.05) is 6.54 Å². The molecule has 2 heterocycles. The smallest absolute Gasteiger partial charge is 0.244 e. The number of rotatable bonds is 7. The summed E-state index contributed by atoms with van der Waals surface area (Å²) in [7, 11) is -7.39. The highest BCUT2D eigenvalue weighted by atomic mass is 32.2. The topological polar surface area (TPSA) is 106 Å². The Morgan fingerprint density at radius 3 is 2.74 bits per heavy atom. The van der Waals surface area contributed by atoms with E-state index in [9.17, 15) is 16.8 Å². The number of furan rings is 1. The van der Waals surface area contributed by atoms with Gasteiger partial charge in [0.25, 0.3) is 0 Å². The van der Waals surface area contributed by atoms with Gasteiger partial charge in [0.2, 0.25) is 20.0 Å². The third-order valence-corrected chi connectivity index (χ3v) is 7.46. The molecule has 8 nitrogen and oxygen atoms in total. The SMILES string of the molecule is CCOc1ccc(N2CCCCS2(=O)=O)cc1S(=O)(=O)NCc1ccco1. The number of ether oxygens (including phenoxy) is 1. The molecule has 1 aromatic carbocycles. The molecule has 1 aliphatic rings. The van der Waals surface area contributed by atoms with Crippen molar-refractivity contribution in [3.63, 3.8) is 0 Å². The fourth-order valence-corrected chi connectivity index (χ4v) is 5.66. The molecule has 0 aliphatic carbocycles. The quantitative estimate of drug-likeness (QED) is 0.744. The molecule has 148 valence electrons. The molecule has 0 atom stereocenters. The average molecular weight is 415 g/mol. The standard InChI is InChI=1S/C17H22N2O6S2/c1-2-24-16-8-7-14(19-9-3-4-11-26(19,20)21)12-17(16)27(22,23)18-13-15-6-5-10-25-15/h5-8,10,12,18H,2-4,9,11,13H2,1H3. The van der Waals surface area contributed by atoms with E-state index in [1.165, 1.54) is 22.7 Å². The number of nitrogens with one attached hydrogen (secondary N) is 1. The van der Waals surface area contributed by atoms with E-state index < -0.39 is 20.0 Å². The van der Waals surface area contributed by atoms with Gasteiger partial charge in [0.1, 0.15) is 16.4 Å². The second-order valence-corrected chi connectivity index (χ2v) is 9.81. The minimum Gasteiger partial charge on any atom is -0.492 e. The Morgan fingerprint density at radius 2 is 2.07 bits per heavy atom. The van der Waals surface area contributed by atoms with Crippen LogP contribution in [0.25, 0.3) is 0 Å². The molecule has 1 aliphatic heterocycles. The Bertz CT molecular complexity index is 984. The van der Waals surface area contributed by atoms with Crippen LogP contribution in [-0.2, 0) is 26.6 Å². The maximum Gasteiger partial charge on any atom is 0.244 e. The van der Waals surface area contributed by atoms with Crippen LogP contribution in [0.5, 0.6) is 5.75 Å². The highest BCUT2D eigenvalue weighted by Crippen LogP contribution is 2.32. The van der Waals surface area contributed by atoms with E-state index >= 15 is 0 Å². The molecule has 1 fully saturated rings. The van der Waals surface area contributed by atoms with E-state index in [4.69, 9.17) is 9.15 Å². The molecule has 0 radical (unpaired) electrons. The lowest BCUT2D eigenvalue weighted by Gasteiger charge is -2.28. The fourth-order valence-electron chi connectivity index (χ4n) is 2.87.